The molecule has 3 rings (SSSR count). The summed E-state index contributed by atoms with van der Waals surface area (Å²) < 4.78 is 27.6. The van der Waals surface area contributed by atoms with E-state index in [1.165, 1.54) is 16.8 Å². The number of hydrogen-bond acceptors (Lipinski definition) is 4. The van der Waals surface area contributed by atoms with Crippen LogP contribution in [0.25, 0.3) is 0 Å². The molecule has 1 N–H and O–H groups in total. The van der Waals surface area contributed by atoms with Crippen LogP contribution < -0.4 is 0 Å². The first kappa shape index (κ1) is 12.4. The zero-order valence-electron chi connectivity index (χ0n) is 10.7. The number of imidazole rings is 1. The molecule has 102 valence electrons. The van der Waals surface area contributed by atoms with Crippen LogP contribution in [-0.4, -0.2) is 45.6 Å². The Hall–Kier alpha value is -1.67. The van der Waals surface area contributed by atoms with Gasteiger partial charge in [-0.25, -0.2) is 13.4 Å². The fourth-order valence-electron chi connectivity index (χ4n) is 2.24. The Morgan fingerprint density at radius 1 is 1.42 bits per heavy atom. The molecule has 0 aliphatic carbocycles. The van der Waals surface area contributed by atoms with E-state index in [-0.39, 0.29) is 10.9 Å². The molecule has 0 saturated carbocycles. The molecule has 2 aromatic heterocycles. The second-order valence-electron chi connectivity index (χ2n) is 4.86. The molecule has 1 aliphatic rings. The van der Waals surface area contributed by atoms with Crippen molar-refractivity contribution in [2.45, 2.75) is 17.9 Å². The minimum atomic E-state index is -3.45. The molecule has 0 unspecified atom stereocenters. The maximum absolute atomic E-state index is 12.3. The molecule has 7 nitrogen and oxygen atoms in total. The summed E-state index contributed by atoms with van der Waals surface area (Å²) in [6.45, 7) is 2.92. The van der Waals surface area contributed by atoms with Crippen LogP contribution >= 0.6 is 0 Å². The molecule has 0 bridgehead atoms. The van der Waals surface area contributed by atoms with Gasteiger partial charge in [-0.3, -0.25) is 5.10 Å². The van der Waals surface area contributed by atoms with Crippen molar-refractivity contribution in [3.05, 3.63) is 30.0 Å². The molecule has 0 radical (unpaired) electrons. The van der Waals surface area contributed by atoms with Crippen LogP contribution in [0, 0.1) is 6.92 Å². The van der Waals surface area contributed by atoms with E-state index >= 15 is 0 Å². The molecule has 0 spiro atoms. The Bertz CT molecular complexity index is 696. The highest BCUT2D eigenvalue weighted by atomic mass is 32.2. The summed E-state index contributed by atoms with van der Waals surface area (Å²) in [6.07, 6.45) is 4.76. The third-order valence-corrected chi connectivity index (χ3v) is 5.13. The maximum Gasteiger partial charge on any atom is 0.262 e. The molecule has 8 heteroatoms. The Morgan fingerprint density at radius 3 is 2.68 bits per heavy atom. The SMILES string of the molecule is Cc1cn[nH]c1C1CN(S(=O)(=O)c2cn(C)cn2)C1. The van der Waals surface area contributed by atoms with Gasteiger partial charge in [0.15, 0.2) is 5.03 Å². The monoisotopic (exact) mass is 281 g/mol. The Kier molecular flexibility index (Phi) is 2.72. The molecule has 0 amide bonds. The van der Waals surface area contributed by atoms with E-state index in [0.717, 1.165) is 11.3 Å². The molecule has 1 saturated heterocycles. The molecule has 0 aromatic carbocycles. The van der Waals surface area contributed by atoms with Crippen LogP contribution in [-0.2, 0) is 17.1 Å². The number of aryl methyl sites for hydroxylation is 2. The first-order valence-electron chi connectivity index (χ1n) is 5.96. The smallest absolute Gasteiger partial charge is 0.262 e. The summed E-state index contributed by atoms with van der Waals surface area (Å²) in [4.78, 5) is 3.91. The number of rotatable bonds is 3. The predicted molar refractivity (Wildman–Crippen MR) is 68.0 cm³/mol. The van der Waals surface area contributed by atoms with E-state index in [4.69, 9.17) is 0 Å². The fraction of sp³-hybridized carbons (Fsp3) is 0.455. The highest BCUT2D eigenvalue weighted by Crippen LogP contribution is 2.31. The first-order valence-corrected chi connectivity index (χ1v) is 7.40. The van der Waals surface area contributed by atoms with Gasteiger partial charge in [-0.05, 0) is 12.5 Å². The van der Waals surface area contributed by atoms with Gasteiger partial charge in [-0.15, -0.1) is 0 Å². The van der Waals surface area contributed by atoms with Crippen LogP contribution in [0.4, 0.5) is 0 Å². The highest BCUT2D eigenvalue weighted by Gasteiger charge is 2.39. The number of nitrogens with zero attached hydrogens (tertiary/aromatic N) is 4. The van der Waals surface area contributed by atoms with Gasteiger partial charge in [0.2, 0.25) is 0 Å². The summed E-state index contributed by atoms with van der Waals surface area (Å²) >= 11 is 0. The lowest BCUT2D eigenvalue weighted by atomic mass is 9.97. The van der Waals surface area contributed by atoms with Gasteiger partial charge < -0.3 is 4.57 Å². The second-order valence-corrected chi connectivity index (χ2v) is 6.75. The Labute approximate surface area is 111 Å². The normalized spacial score (nSPS) is 17.6. The van der Waals surface area contributed by atoms with Crippen molar-refractivity contribution in [3.8, 4) is 0 Å². The quantitative estimate of drug-likeness (QED) is 0.873. The lowest BCUT2D eigenvalue weighted by molar-refractivity contribution is 0.259. The van der Waals surface area contributed by atoms with Gasteiger partial charge in [-0.1, -0.05) is 0 Å². The third kappa shape index (κ3) is 1.96. The van der Waals surface area contributed by atoms with Crippen LogP contribution in [0.5, 0.6) is 0 Å². The van der Waals surface area contributed by atoms with Crippen molar-refractivity contribution in [2.24, 2.45) is 7.05 Å². The van der Waals surface area contributed by atoms with Crippen molar-refractivity contribution in [1.29, 1.82) is 0 Å². The molecule has 1 aliphatic heterocycles. The fourth-order valence-corrected chi connectivity index (χ4v) is 3.74. The lowest BCUT2D eigenvalue weighted by Gasteiger charge is -2.37. The third-order valence-electron chi connectivity index (χ3n) is 3.41. The molecule has 3 heterocycles. The summed E-state index contributed by atoms with van der Waals surface area (Å²) in [5, 5.41) is 7.00. The van der Waals surface area contributed by atoms with E-state index in [0.29, 0.717) is 13.1 Å². The van der Waals surface area contributed by atoms with E-state index in [2.05, 4.69) is 15.2 Å². The molecular formula is C11H15N5O2S. The van der Waals surface area contributed by atoms with Crippen LogP contribution in [0.1, 0.15) is 17.2 Å². The minimum absolute atomic E-state index is 0.106. The maximum atomic E-state index is 12.3. The second kappa shape index (κ2) is 4.17. The molecular weight excluding hydrogens is 266 g/mol. The molecule has 2 aromatic rings. The number of sulfonamides is 1. The van der Waals surface area contributed by atoms with E-state index in [9.17, 15) is 8.42 Å². The number of aromatic amines is 1. The summed E-state index contributed by atoms with van der Waals surface area (Å²) in [7, 11) is -1.70. The molecule has 19 heavy (non-hydrogen) atoms. The van der Waals surface area contributed by atoms with Crippen LogP contribution in [0.15, 0.2) is 23.7 Å². The minimum Gasteiger partial charge on any atom is -0.339 e. The van der Waals surface area contributed by atoms with Gasteiger partial charge in [0.25, 0.3) is 10.0 Å². The largest absolute Gasteiger partial charge is 0.339 e. The van der Waals surface area contributed by atoms with E-state index in [1.807, 2.05) is 6.92 Å². The van der Waals surface area contributed by atoms with Gasteiger partial charge in [0, 0.05) is 37.9 Å². The average molecular weight is 281 g/mol. The van der Waals surface area contributed by atoms with E-state index < -0.39 is 10.0 Å². The lowest BCUT2D eigenvalue weighted by Crippen LogP contribution is -2.48. The average Bonchev–Trinajstić information content (AvgIpc) is 2.86. The van der Waals surface area contributed by atoms with Crippen molar-refractivity contribution < 1.29 is 8.42 Å². The van der Waals surface area contributed by atoms with Gasteiger partial charge in [0.1, 0.15) is 0 Å². The standard InChI is InChI=1S/C11H15N5O2S/c1-8-3-13-14-11(8)9-4-16(5-9)19(17,18)10-6-15(2)7-12-10/h3,6-7,9H,4-5H2,1-2H3,(H,13,14). The summed E-state index contributed by atoms with van der Waals surface area (Å²) in [6, 6.07) is 0. The zero-order chi connectivity index (χ0) is 13.6. The highest BCUT2D eigenvalue weighted by molar-refractivity contribution is 7.89. The van der Waals surface area contributed by atoms with Gasteiger partial charge in [0.05, 0.1) is 12.5 Å². The van der Waals surface area contributed by atoms with Crippen molar-refractivity contribution in [1.82, 2.24) is 24.1 Å². The van der Waals surface area contributed by atoms with Gasteiger partial charge >= 0.3 is 0 Å². The number of nitrogens with one attached hydrogen (secondary N) is 1. The van der Waals surface area contributed by atoms with E-state index in [1.54, 1.807) is 17.8 Å². The van der Waals surface area contributed by atoms with Crippen molar-refractivity contribution in [2.75, 3.05) is 13.1 Å². The van der Waals surface area contributed by atoms with Crippen LogP contribution in [0.2, 0.25) is 0 Å². The number of hydrogen-bond donors (Lipinski definition) is 1. The molecule has 0 atom stereocenters. The number of aromatic nitrogens is 4. The number of H-pyrrole nitrogens is 1. The van der Waals surface area contributed by atoms with Crippen molar-refractivity contribution in [3.63, 3.8) is 0 Å². The summed E-state index contributed by atoms with van der Waals surface area (Å²) in [5.74, 6) is 0.195. The molecule has 1 fully saturated rings. The topological polar surface area (TPSA) is 83.9 Å². The Morgan fingerprint density at radius 2 is 2.16 bits per heavy atom. The first-order chi connectivity index (χ1) is 8.98. The van der Waals surface area contributed by atoms with Crippen LogP contribution in [0.3, 0.4) is 0 Å². The Balaban J connectivity index is 1.76. The zero-order valence-corrected chi connectivity index (χ0v) is 11.6. The summed E-state index contributed by atoms with van der Waals surface area (Å²) in [5.41, 5.74) is 2.09. The van der Waals surface area contributed by atoms with Gasteiger partial charge in [-0.2, -0.15) is 9.40 Å². The van der Waals surface area contributed by atoms with Crippen molar-refractivity contribution >= 4 is 10.0 Å². The predicted octanol–water partition coefficient (Wildman–Crippen LogP) is 0.240.